The monoisotopic (exact) mass is 317 g/mol. The topological polar surface area (TPSA) is 77.0 Å². The summed E-state index contributed by atoms with van der Waals surface area (Å²) in [4.78, 5) is 22.8. The number of carbonyl (C=O) groups is 1. The first-order chi connectivity index (χ1) is 11.3. The number of hydrogen-bond donors (Lipinski definition) is 0. The van der Waals surface area contributed by atoms with E-state index in [9.17, 15) is 4.79 Å². The van der Waals surface area contributed by atoms with Gasteiger partial charge in [-0.1, -0.05) is 12.1 Å². The van der Waals surface area contributed by atoms with Crippen molar-refractivity contribution in [3.05, 3.63) is 30.4 Å². The predicted molar refractivity (Wildman–Crippen MR) is 83.7 cm³/mol. The first-order valence-corrected chi connectivity index (χ1v) is 8.33. The molecule has 7 nitrogen and oxygen atoms in total. The molecular weight excluding hydrogens is 294 g/mol. The molecule has 0 aromatic carbocycles. The Balaban J connectivity index is 1.51. The standard InChI is InChI=1S/C16H23N5O2/c1-2-4-14-18-15(23-19-14)6-7-16(22)20-9-3-5-13(11-20)21-10-8-17-12-21/h8,10,12-13H,2-7,9,11H2,1H3/t13-/m1/s1. The van der Waals surface area contributed by atoms with Crippen LogP contribution >= 0.6 is 0 Å². The minimum atomic E-state index is 0.157. The molecule has 0 spiro atoms. The maximum atomic E-state index is 12.4. The lowest BCUT2D eigenvalue weighted by Crippen LogP contribution is -2.40. The maximum Gasteiger partial charge on any atom is 0.227 e. The number of aryl methyl sites for hydroxylation is 2. The minimum Gasteiger partial charge on any atom is -0.341 e. The van der Waals surface area contributed by atoms with E-state index in [0.29, 0.717) is 24.8 Å². The van der Waals surface area contributed by atoms with E-state index < -0.39 is 0 Å². The van der Waals surface area contributed by atoms with Crippen molar-refractivity contribution in [2.24, 2.45) is 0 Å². The van der Waals surface area contributed by atoms with E-state index in [2.05, 4.69) is 26.6 Å². The van der Waals surface area contributed by atoms with E-state index in [-0.39, 0.29) is 5.91 Å². The smallest absolute Gasteiger partial charge is 0.227 e. The molecule has 3 heterocycles. The summed E-state index contributed by atoms with van der Waals surface area (Å²) in [7, 11) is 0. The van der Waals surface area contributed by atoms with Crippen LogP contribution in [0.4, 0.5) is 0 Å². The Hall–Kier alpha value is -2.18. The molecule has 0 N–H and O–H groups in total. The Bertz CT molecular complexity index is 622. The molecule has 1 aliphatic heterocycles. The predicted octanol–water partition coefficient (Wildman–Crippen LogP) is 2.01. The summed E-state index contributed by atoms with van der Waals surface area (Å²) in [6.45, 7) is 3.65. The van der Waals surface area contributed by atoms with Crippen LogP contribution in [0.2, 0.25) is 0 Å². The van der Waals surface area contributed by atoms with Gasteiger partial charge in [0, 0.05) is 44.7 Å². The van der Waals surface area contributed by atoms with Crippen molar-refractivity contribution in [3.8, 4) is 0 Å². The van der Waals surface area contributed by atoms with Gasteiger partial charge in [0.2, 0.25) is 11.8 Å². The summed E-state index contributed by atoms with van der Waals surface area (Å²) < 4.78 is 7.28. The highest BCUT2D eigenvalue weighted by atomic mass is 16.5. The van der Waals surface area contributed by atoms with Crippen LogP contribution in [0, 0.1) is 0 Å². The SMILES string of the molecule is CCCc1noc(CCC(=O)N2CCC[C@@H](n3ccnc3)C2)n1. The molecule has 0 radical (unpaired) electrons. The fourth-order valence-electron chi connectivity index (χ4n) is 3.00. The van der Waals surface area contributed by atoms with Crippen molar-refractivity contribution >= 4 is 5.91 Å². The van der Waals surface area contributed by atoms with Crippen molar-refractivity contribution < 1.29 is 9.32 Å². The molecule has 1 aliphatic rings. The van der Waals surface area contributed by atoms with Crippen molar-refractivity contribution in [1.29, 1.82) is 0 Å². The van der Waals surface area contributed by atoms with Crippen LogP contribution in [0.25, 0.3) is 0 Å². The molecule has 3 rings (SSSR count). The number of aromatic nitrogens is 4. The second kappa shape index (κ2) is 7.39. The zero-order chi connectivity index (χ0) is 16.1. The zero-order valence-electron chi connectivity index (χ0n) is 13.5. The Morgan fingerprint density at radius 1 is 1.43 bits per heavy atom. The molecule has 124 valence electrons. The fourth-order valence-corrected chi connectivity index (χ4v) is 3.00. The summed E-state index contributed by atoms with van der Waals surface area (Å²) in [5.74, 6) is 1.45. The third kappa shape index (κ3) is 3.97. The number of amides is 1. The van der Waals surface area contributed by atoms with Gasteiger partial charge in [-0.05, 0) is 19.3 Å². The highest BCUT2D eigenvalue weighted by molar-refractivity contribution is 5.76. The molecule has 2 aromatic rings. The first-order valence-electron chi connectivity index (χ1n) is 8.33. The highest BCUT2D eigenvalue weighted by Crippen LogP contribution is 2.21. The lowest BCUT2D eigenvalue weighted by molar-refractivity contribution is -0.132. The summed E-state index contributed by atoms with van der Waals surface area (Å²) in [6, 6.07) is 0.328. The molecule has 1 saturated heterocycles. The molecule has 0 bridgehead atoms. The average molecular weight is 317 g/mol. The Labute approximate surface area is 135 Å². The van der Waals surface area contributed by atoms with Crippen LogP contribution in [-0.4, -0.2) is 43.6 Å². The molecule has 23 heavy (non-hydrogen) atoms. The van der Waals surface area contributed by atoms with Crippen molar-refractivity contribution in [2.45, 2.75) is 51.5 Å². The fraction of sp³-hybridized carbons (Fsp3) is 0.625. The molecule has 1 fully saturated rings. The van der Waals surface area contributed by atoms with Crippen molar-refractivity contribution in [3.63, 3.8) is 0 Å². The summed E-state index contributed by atoms with van der Waals surface area (Å²) >= 11 is 0. The highest BCUT2D eigenvalue weighted by Gasteiger charge is 2.24. The molecule has 0 aliphatic carbocycles. The van der Waals surface area contributed by atoms with Crippen molar-refractivity contribution in [2.75, 3.05) is 13.1 Å². The maximum absolute atomic E-state index is 12.4. The Morgan fingerprint density at radius 3 is 3.13 bits per heavy atom. The summed E-state index contributed by atoms with van der Waals surface area (Å²) in [5.41, 5.74) is 0. The number of imidazole rings is 1. The minimum absolute atomic E-state index is 0.157. The van der Waals surface area contributed by atoms with Crippen LogP contribution in [0.1, 0.15) is 50.4 Å². The normalized spacial score (nSPS) is 18.3. The molecule has 2 aromatic heterocycles. The number of rotatable bonds is 6. The Kier molecular flexibility index (Phi) is 5.05. The van der Waals surface area contributed by atoms with Gasteiger partial charge in [-0.15, -0.1) is 0 Å². The lowest BCUT2D eigenvalue weighted by atomic mass is 10.0. The van der Waals surface area contributed by atoms with Gasteiger partial charge in [-0.2, -0.15) is 4.98 Å². The number of carbonyl (C=O) groups excluding carboxylic acids is 1. The van der Waals surface area contributed by atoms with E-state index in [1.54, 1.807) is 6.20 Å². The third-order valence-electron chi connectivity index (χ3n) is 4.23. The number of likely N-dealkylation sites (tertiary alicyclic amines) is 1. The van der Waals surface area contributed by atoms with E-state index >= 15 is 0 Å². The number of hydrogen-bond acceptors (Lipinski definition) is 5. The van der Waals surface area contributed by atoms with E-state index in [0.717, 1.165) is 44.6 Å². The molecule has 1 amide bonds. The molecular formula is C16H23N5O2. The molecule has 1 atom stereocenters. The second-order valence-electron chi connectivity index (χ2n) is 6.00. The Morgan fingerprint density at radius 2 is 2.35 bits per heavy atom. The van der Waals surface area contributed by atoms with Crippen LogP contribution in [-0.2, 0) is 17.6 Å². The van der Waals surface area contributed by atoms with E-state index in [4.69, 9.17) is 4.52 Å². The third-order valence-corrected chi connectivity index (χ3v) is 4.23. The molecule has 0 saturated carbocycles. The molecule has 0 unspecified atom stereocenters. The first kappa shape index (κ1) is 15.7. The van der Waals surface area contributed by atoms with Gasteiger partial charge in [0.1, 0.15) is 0 Å². The van der Waals surface area contributed by atoms with Gasteiger partial charge in [0.25, 0.3) is 0 Å². The number of piperidine rings is 1. The zero-order valence-corrected chi connectivity index (χ0v) is 13.5. The van der Waals surface area contributed by atoms with Crippen LogP contribution in [0.15, 0.2) is 23.2 Å². The lowest BCUT2D eigenvalue weighted by Gasteiger charge is -2.33. The van der Waals surface area contributed by atoms with Gasteiger partial charge in [-0.25, -0.2) is 4.98 Å². The quantitative estimate of drug-likeness (QED) is 0.814. The van der Waals surface area contributed by atoms with Gasteiger partial charge in [0.15, 0.2) is 5.82 Å². The molecule has 7 heteroatoms. The van der Waals surface area contributed by atoms with Gasteiger partial charge in [-0.3, -0.25) is 4.79 Å². The van der Waals surface area contributed by atoms with Gasteiger partial charge in [0.05, 0.1) is 12.4 Å². The summed E-state index contributed by atoms with van der Waals surface area (Å²) in [6.07, 6.45) is 10.4. The number of nitrogens with zero attached hydrogens (tertiary/aromatic N) is 5. The summed E-state index contributed by atoms with van der Waals surface area (Å²) in [5, 5.41) is 3.92. The van der Waals surface area contributed by atoms with Crippen LogP contribution in [0.3, 0.4) is 0 Å². The van der Waals surface area contributed by atoms with Crippen LogP contribution < -0.4 is 0 Å². The van der Waals surface area contributed by atoms with Gasteiger partial charge >= 0.3 is 0 Å². The van der Waals surface area contributed by atoms with E-state index in [1.165, 1.54) is 0 Å². The van der Waals surface area contributed by atoms with E-state index in [1.807, 2.05) is 17.4 Å². The van der Waals surface area contributed by atoms with Crippen LogP contribution in [0.5, 0.6) is 0 Å². The second-order valence-corrected chi connectivity index (χ2v) is 6.00. The largest absolute Gasteiger partial charge is 0.341 e. The van der Waals surface area contributed by atoms with Crippen molar-refractivity contribution in [1.82, 2.24) is 24.6 Å². The average Bonchev–Trinajstić information content (AvgIpc) is 3.25. The van der Waals surface area contributed by atoms with Gasteiger partial charge < -0.3 is 14.0 Å².